The van der Waals surface area contributed by atoms with E-state index < -0.39 is 23.3 Å². The SMILES string of the molecule is COC(=O)c1ccccc1O.O=C(O)c1ccccc1.O=S([O-])O.[Na+]. The van der Waals surface area contributed by atoms with Gasteiger partial charge in [0.2, 0.25) is 0 Å². The number of methoxy groups -OCH3 is 1. The second-order valence-electron chi connectivity index (χ2n) is 3.90. The zero-order valence-corrected chi connectivity index (χ0v) is 16.3. The second-order valence-corrected chi connectivity index (χ2v) is 4.33. The number of carbonyl (C=O) groups excluding carboxylic acids is 1. The molecular weight excluding hydrogens is 363 g/mol. The van der Waals surface area contributed by atoms with Crippen LogP contribution in [0, 0.1) is 0 Å². The number of phenolic OH excluding ortho intramolecular Hbond substituents is 1. The molecule has 8 nitrogen and oxygen atoms in total. The number of esters is 1. The van der Waals surface area contributed by atoms with Crippen molar-refractivity contribution >= 4 is 23.3 Å². The zero-order chi connectivity index (χ0) is 18.5. The van der Waals surface area contributed by atoms with Crippen LogP contribution < -0.4 is 29.6 Å². The molecule has 0 heterocycles. The number of ether oxygens (including phenoxy) is 1. The molecule has 0 aliphatic carbocycles. The van der Waals surface area contributed by atoms with Crippen molar-refractivity contribution in [2.24, 2.45) is 0 Å². The molecule has 0 radical (unpaired) electrons. The fourth-order valence-corrected chi connectivity index (χ4v) is 1.34. The van der Waals surface area contributed by atoms with Crippen LogP contribution in [0.4, 0.5) is 0 Å². The molecule has 25 heavy (non-hydrogen) atoms. The van der Waals surface area contributed by atoms with E-state index in [0.29, 0.717) is 5.56 Å². The summed E-state index contributed by atoms with van der Waals surface area (Å²) in [6.45, 7) is 0. The first-order chi connectivity index (χ1) is 11.3. The second kappa shape index (κ2) is 14.6. The third-order valence-electron chi connectivity index (χ3n) is 2.33. The molecule has 0 spiro atoms. The molecule has 0 aromatic heterocycles. The van der Waals surface area contributed by atoms with Gasteiger partial charge in [0.25, 0.3) is 0 Å². The normalized spacial score (nSPS) is 9.72. The Balaban J connectivity index is 0. The minimum Gasteiger partial charge on any atom is -0.750 e. The van der Waals surface area contributed by atoms with Crippen molar-refractivity contribution in [2.45, 2.75) is 0 Å². The van der Waals surface area contributed by atoms with E-state index in [9.17, 15) is 9.59 Å². The van der Waals surface area contributed by atoms with Gasteiger partial charge in [-0.05, 0) is 24.3 Å². The number of aromatic carboxylic acids is 1. The standard InChI is InChI=1S/C8H8O3.C7H6O2.Na.H2O3S/c1-11-8(10)6-4-2-3-5-7(6)9;8-7(9)6-4-2-1-3-5-6;;1-4(2)3/h2-5,9H,1H3;1-5H,(H,8,9);;(H2,1,2,3)/q;;+1;/p-1. The number of hydrogen-bond acceptors (Lipinski definition) is 6. The number of para-hydroxylation sites is 1. The first-order valence-electron chi connectivity index (χ1n) is 6.22. The summed E-state index contributed by atoms with van der Waals surface area (Å²) in [4.78, 5) is 21.1. The molecule has 1 unspecified atom stereocenters. The summed E-state index contributed by atoms with van der Waals surface area (Å²) in [6, 6.07) is 14.5. The molecule has 3 N–H and O–H groups in total. The molecule has 0 aliphatic heterocycles. The van der Waals surface area contributed by atoms with Gasteiger partial charge < -0.3 is 24.1 Å². The summed E-state index contributed by atoms with van der Waals surface area (Å²) in [5, 5.41) is 17.5. The van der Waals surface area contributed by atoms with Crippen molar-refractivity contribution in [3.05, 3.63) is 65.7 Å². The first kappa shape index (κ1) is 25.5. The molecular formula is C15H15NaO8S. The van der Waals surface area contributed by atoms with E-state index in [-0.39, 0.29) is 40.9 Å². The van der Waals surface area contributed by atoms with Crippen LogP contribution in [0.15, 0.2) is 54.6 Å². The van der Waals surface area contributed by atoms with Crippen LogP contribution in [0.2, 0.25) is 0 Å². The fraction of sp³-hybridized carbons (Fsp3) is 0.0667. The number of phenols is 1. The van der Waals surface area contributed by atoms with Gasteiger partial charge in [0, 0.05) is 0 Å². The summed E-state index contributed by atoms with van der Waals surface area (Å²) >= 11 is -2.86. The van der Waals surface area contributed by atoms with Gasteiger partial charge in [-0.3, -0.25) is 0 Å². The predicted molar refractivity (Wildman–Crippen MR) is 84.4 cm³/mol. The molecule has 0 bridgehead atoms. The van der Waals surface area contributed by atoms with Gasteiger partial charge in [-0.2, -0.15) is 0 Å². The maximum absolute atomic E-state index is 10.9. The van der Waals surface area contributed by atoms with E-state index in [1.807, 2.05) is 0 Å². The van der Waals surface area contributed by atoms with Crippen LogP contribution in [0.5, 0.6) is 5.75 Å². The van der Waals surface area contributed by atoms with Crippen LogP contribution in [0.3, 0.4) is 0 Å². The molecule has 2 rings (SSSR count). The van der Waals surface area contributed by atoms with Gasteiger partial charge in [0.15, 0.2) is 0 Å². The van der Waals surface area contributed by atoms with Gasteiger partial charge in [-0.15, -0.1) is 0 Å². The average molecular weight is 378 g/mol. The van der Waals surface area contributed by atoms with Crippen molar-refractivity contribution in [3.63, 3.8) is 0 Å². The van der Waals surface area contributed by atoms with Crippen molar-refractivity contribution in [1.29, 1.82) is 0 Å². The molecule has 0 aliphatic rings. The third kappa shape index (κ3) is 12.3. The Bertz CT molecular complexity index is 674. The van der Waals surface area contributed by atoms with Gasteiger partial charge in [0.05, 0.1) is 24.0 Å². The molecule has 10 heteroatoms. The summed E-state index contributed by atoms with van der Waals surface area (Å²) < 4.78 is 28.5. The van der Waals surface area contributed by atoms with Crippen LogP contribution in [0.1, 0.15) is 20.7 Å². The summed E-state index contributed by atoms with van der Waals surface area (Å²) in [5.74, 6) is -1.46. The molecule has 0 saturated heterocycles. The van der Waals surface area contributed by atoms with E-state index >= 15 is 0 Å². The van der Waals surface area contributed by atoms with E-state index in [2.05, 4.69) is 4.74 Å². The first-order valence-corrected chi connectivity index (χ1v) is 7.25. The minimum absolute atomic E-state index is 0. The van der Waals surface area contributed by atoms with E-state index in [1.165, 1.54) is 19.2 Å². The molecule has 1 atom stereocenters. The van der Waals surface area contributed by atoms with Gasteiger partial charge in [-0.25, -0.2) is 13.8 Å². The van der Waals surface area contributed by atoms with Crippen molar-refractivity contribution in [3.8, 4) is 5.75 Å². The van der Waals surface area contributed by atoms with Gasteiger partial charge in [-0.1, -0.05) is 30.3 Å². The number of benzene rings is 2. The number of rotatable bonds is 2. The maximum Gasteiger partial charge on any atom is 1.00 e. The third-order valence-corrected chi connectivity index (χ3v) is 2.33. The zero-order valence-electron chi connectivity index (χ0n) is 13.5. The molecule has 2 aromatic rings. The summed E-state index contributed by atoms with van der Waals surface area (Å²) in [7, 11) is 1.27. The van der Waals surface area contributed by atoms with E-state index in [4.69, 9.17) is 23.5 Å². The smallest absolute Gasteiger partial charge is 0.750 e. The summed E-state index contributed by atoms with van der Waals surface area (Å²) in [5.41, 5.74) is 0.521. The topological polar surface area (TPSA) is 144 Å². The van der Waals surface area contributed by atoms with Crippen molar-refractivity contribution < 1.29 is 67.4 Å². The molecule has 0 amide bonds. The predicted octanol–water partition coefficient (Wildman–Crippen LogP) is -1.09. The fourth-order valence-electron chi connectivity index (χ4n) is 1.34. The van der Waals surface area contributed by atoms with Crippen molar-refractivity contribution in [1.82, 2.24) is 0 Å². The van der Waals surface area contributed by atoms with Crippen LogP contribution in [0.25, 0.3) is 0 Å². The Kier molecular flexibility index (Phi) is 14.9. The van der Waals surface area contributed by atoms with Gasteiger partial charge in [0.1, 0.15) is 11.3 Å². The number of hydrogen-bond donors (Lipinski definition) is 3. The molecule has 0 saturated carbocycles. The monoisotopic (exact) mass is 378 g/mol. The van der Waals surface area contributed by atoms with E-state index in [1.54, 1.807) is 42.5 Å². The molecule has 2 aromatic carbocycles. The molecule has 0 fully saturated rings. The quantitative estimate of drug-likeness (QED) is 0.340. The maximum atomic E-state index is 10.9. The Morgan fingerprint density at radius 3 is 1.84 bits per heavy atom. The largest absolute Gasteiger partial charge is 1.00 e. The van der Waals surface area contributed by atoms with E-state index in [0.717, 1.165) is 0 Å². The Hall–Kier alpha value is -1.75. The number of aromatic hydroxyl groups is 1. The summed E-state index contributed by atoms with van der Waals surface area (Å²) in [6.07, 6.45) is 0. The Morgan fingerprint density at radius 2 is 1.48 bits per heavy atom. The van der Waals surface area contributed by atoms with Gasteiger partial charge >= 0.3 is 41.5 Å². The van der Waals surface area contributed by atoms with Crippen LogP contribution >= 0.6 is 0 Å². The molecule has 130 valence electrons. The Labute approximate surface area is 168 Å². The number of carbonyl (C=O) groups is 2. The average Bonchev–Trinajstić information content (AvgIpc) is 2.55. The number of carboxylic acids is 1. The minimum atomic E-state index is -2.86. The Morgan fingerprint density at radius 1 is 1.04 bits per heavy atom. The van der Waals surface area contributed by atoms with Crippen molar-refractivity contribution in [2.75, 3.05) is 7.11 Å². The van der Waals surface area contributed by atoms with Crippen LogP contribution in [-0.2, 0) is 16.1 Å². The number of carboxylic acid groups (broad SMARTS) is 1. The van der Waals surface area contributed by atoms with Crippen LogP contribution in [-0.4, -0.2) is 42.6 Å².